The molecule has 0 amide bonds. The molecule has 0 aromatic carbocycles. The third-order valence-electron chi connectivity index (χ3n) is 2.83. The molecule has 2 aromatic heterocycles. The Labute approximate surface area is 138 Å². The highest BCUT2D eigenvalue weighted by atomic mass is 127. The van der Waals surface area contributed by atoms with Gasteiger partial charge in [0.25, 0.3) is 0 Å². The highest BCUT2D eigenvalue weighted by Gasteiger charge is 2.15. The molecule has 0 atom stereocenters. The molecule has 0 bridgehead atoms. The minimum absolute atomic E-state index is 0.589. The van der Waals surface area contributed by atoms with Crippen LogP contribution in [0, 0.1) is 16.4 Å². The molecule has 5 heteroatoms. The van der Waals surface area contributed by atoms with Crippen LogP contribution in [0.25, 0.3) is 10.7 Å². The van der Waals surface area contributed by atoms with Gasteiger partial charge in [0.2, 0.25) is 0 Å². The van der Waals surface area contributed by atoms with Crippen molar-refractivity contribution in [2.75, 3.05) is 11.9 Å². The first-order valence-electron chi connectivity index (χ1n) is 6.88. The molecule has 0 spiro atoms. The molecule has 0 aliphatic rings. The Bertz CT molecular complexity index is 593. The summed E-state index contributed by atoms with van der Waals surface area (Å²) in [6.45, 7) is 9.52. The highest BCUT2D eigenvalue weighted by molar-refractivity contribution is 14.1. The minimum Gasteiger partial charge on any atom is -0.369 e. The largest absolute Gasteiger partial charge is 0.369 e. The summed E-state index contributed by atoms with van der Waals surface area (Å²) >= 11 is 4.10. The van der Waals surface area contributed by atoms with Gasteiger partial charge >= 0.3 is 0 Å². The Morgan fingerprint density at radius 3 is 2.60 bits per heavy atom. The average Bonchev–Trinajstić information content (AvgIpc) is 2.80. The van der Waals surface area contributed by atoms with Gasteiger partial charge in [-0.25, -0.2) is 9.97 Å². The van der Waals surface area contributed by atoms with Crippen molar-refractivity contribution in [3.8, 4) is 10.7 Å². The Morgan fingerprint density at radius 1 is 1.30 bits per heavy atom. The molecule has 2 aromatic rings. The lowest BCUT2D eigenvalue weighted by molar-refractivity contribution is 0.632. The normalized spacial score (nSPS) is 11.1. The fourth-order valence-electron chi connectivity index (χ4n) is 1.96. The monoisotopic (exact) mass is 401 g/mol. The third kappa shape index (κ3) is 3.69. The molecule has 0 aliphatic carbocycles. The fourth-order valence-corrected chi connectivity index (χ4v) is 3.42. The predicted octanol–water partition coefficient (Wildman–Crippen LogP) is 4.75. The first-order valence-corrected chi connectivity index (χ1v) is 8.77. The topological polar surface area (TPSA) is 37.8 Å². The van der Waals surface area contributed by atoms with Gasteiger partial charge in [-0.2, -0.15) is 0 Å². The van der Waals surface area contributed by atoms with Gasteiger partial charge in [-0.05, 0) is 60.9 Å². The number of rotatable bonds is 5. The number of aromatic nitrogens is 2. The second kappa shape index (κ2) is 6.85. The van der Waals surface area contributed by atoms with Crippen LogP contribution in [0.1, 0.15) is 31.3 Å². The maximum Gasteiger partial charge on any atom is 0.171 e. The highest BCUT2D eigenvalue weighted by Crippen LogP contribution is 2.29. The minimum atomic E-state index is 0.589. The van der Waals surface area contributed by atoms with E-state index in [1.165, 1.54) is 4.88 Å². The first-order chi connectivity index (χ1) is 9.51. The van der Waals surface area contributed by atoms with Gasteiger partial charge in [0.05, 0.1) is 14.1 Å². The fraction of sp³-hybridized carbons (Fsp3) is 0.467. The molecule has 20 heavy (non-hydrogen) atoms. The Morgan fingerprint density at radius 2 is 2.05 bits per heavy atom. The number of halogens is 1. The number of thiophene rings is 1. The van der Waals surface area contributed by atoms with Gasteiger partial charge in [-0.15, -0.1) is 11.3 Å². The summed E-state index contributed by atoms with van der Waals surface area (Å²) in [4.78, 5) is 11.9. The summed E-state index contributed by atoms with van der Waals surface area (Å²) in [5.41, 5.74) is 1.15. The van der Waals surface area contributed by atoms with E-state index in [2.05, 4.69) is 67.7 Å². The van der Waals surface area contributed by atoms with Crippen molar-refractivity contribution in [3.05, 3.63) is 26.3 Å². The standard InChI is InChI=1S/C15H20IN3S/c1-5-17-15-13(16)11(8-9(2)3)18-14(19-15)12-7-6-10(4)20-12/h6-7,9H,5,8H2,1-4H3,(H,17,18,19). The van der Waals surface area contributed by atoms with Crippen LogP contribution in [0.2, 0.25) is 0 Å². The molecule has 0 saturated carbocycles. The summed E-state index contributed by atoms with van der Waals surface area (Å²) in [6, 6.07) is 4.23. The van der Waals surface area contributed by atoms with Gasteiger partial charge in [-0.3, -0.25) is 0 Å². The molecule has 0 saturated heterocycles. The zero-order chi connectivity index (χ0) is 14.7. The number of nitrogens with zero attached hydrogens (tertiary/aromatic N) is 2. The number of hydrogen-bond acceptors (Lipinski definition) is 4. The van der Waals surface area contributed by atoms with E-state index >= 15 is 0 Å². The Balaban J connectivity index is 2.49. The molecule has 108 valence electrons. The summed E-state index contributed by atoms with van der Waals surface area (Å²) in [5, 5.41) is 3.35. The van der Waals surface area contributed by atoms with Gasteiger partial charge in [-0.1, -0.05) is 13.8 Å². The average molecular weight is 401 g/mol. The van der Waals surface area contributed by atoms with Crippen LogP contribution < -0.4 is 5.32 Å². The molecule has 0 aliphatic heterocycles. The van der Waals surface area contributed by atoms with Crippen LogP contribution in [-0.4, -0.2) is 16.5 Å². The summed E-state index contributed by atoms with van der Waals surface area (Å²) in [5.74, 6) is 2.39. The summed E-state index contributed by atoms with van der Waals surface area (Å²) in [7, 11) is 0. The zero-order valence-corrected chi connectivity index (χ0v) is 15.3. The first kappa shape index (κ1) is 15.7. The maximum absolute atomic E-state index is 4.79. The van der Waals surface area contributed by atoms with E-state index in [1.807, 2.05) is 0 Å². The lowest BCUT2D eigenvalue weighted by atomic mass is 10.1. The van der Waals surface area contributed by atoms with E-state index in [0.717, 1.165) is 38.7 Å². The van der Waals surface area contributed by atoms with Crippen LogP contribution in [-0.2, 0) is 6.42 Å². The lowest BCUT2D eigenvalue weighted by Crippen LogP contribution is -2.09. The van der Waals surface area contributed by atoms with Crippen molar-refractivity contribution in [2.45, 2.75) is 34.1 Å². The number of anilines is 1. The molecular weight excluding hydrogens is 381 g/mol. The Kier molecular flexibility index (Phi) is 5.37. The van der Waals surface area contributed by atoms with Crippen LogP contribution in [0.5, 0.6) is 0 Å². The molecule has 2 rings (SSSR count). The molecule has 0 unspecified atom stereocenters. The van der Waals surface area contributed by atoms with Gasteiger partial charge < -0.3 is 5.32 Å². The summed E-state index contributed by atoms with van der Waals surface area (Å²) < 4.78 is 1.15. The van der Waals surface area contributed by atoms with Gasteiger partial charge in [0.15, 0.2) is 5.82 Å². The van der Waals surface area contributed by atoms with Crippen LogP contribution in [0.4, 0.5) is 5.82 Å². The third-order valence-corrected chi connectivity index (χ3v) is 4.96. The van der Waals surface area contributed by atoms with Crippen molar-refractivity contribution < 1.29 is 0 Å². The quantitative estimate of drug-likeness (QED) is 0.735. The van der Waals surface area contributed by atoms with Crippen molar-refractivity contribution in [1.82, 2.24) is 9.97 Å². The smallest absolute Gasteiger partial charge is 0.171 e. The van der Waals surface area contributed by atoms with Crippen LogP contribution in [0.3, 0.4) is 0 Å². The van der Waals surface area contributed by atoms with Crippen molar-refractivity contribution >= 4 is 39.7 Å². The maximum atomic E-state index is 4.79. The SMILES string of the molecule is CCNc1nc(-c2ccc(C)s2)nc(CC(C)C)c1I. The van der Waals surface area contributed by atoms with Crippen LogP contribution in [0.15, 0.2) is 12.1 Å². The lowest BCUT2D eigenvalue weighted by Gasteiger charge is -2.13. The van der Waals surface area contributed by atoms with E-state index in [-0.39, 0.29) is 0 Å². The van der Waals surface area contributed by atoms with E-state index in [9.17, 15) is 0 Å². The predicted molar refractivity (Wildman–Crippen MR) is 95.5 cm³/mol. The zero-order valence-electron chi connectivity index (χ0n) is 12.3. The van der Waals surface area contributed by atoms with E-state index in [0.29, 0.717) is 5.92 Å². The number of hydrogen-bond donors (Lipinski definition) is 1. The molecule has 3 nitrogen and oxygen atoms in total. The number of aryl methyl sites for hydroxylation is 1. The van der Waals surface area contributed by atoms with E-state index in [1.54, 1.807) is 11.3 Å². The van der Waals surface area contributed by atoms with Crippen LogP contribution >= 0.6 is 33.9 Å². The molecular formula is C15H20IN3S. The number of nitrogens with one attached hydrogen (secondary N) is 1. The second-order valence-electron chi connectivity index (χ2n) is 5.20. The van der Waals surface area contributed by atoms with E-state index < -0.39 is 0 Å². The Hall–Kier alpha value is -0.690. The molecule has 0 fully saturated rings. The summed E-state index contributed by atoms with van der Waals surface area (Å²) in [6.07, 6.45) is 0.983. The van der Waals surface area contributed by atoms with Crippen molar-refractivity contribution in [3.63, 3.8) is 0 Å². The van der Waals surface area contributed by atoms with E-state index in [4.69, 9.17) is 9.97 Å². The van der Waals surface area contributed by atoms with Gasteiger partial charge in [0.1, 0.15) is 5.82 Å². The molecule has 1 N–H and O–H groups in total. The molecule has 0 radical (unpaired) electrons. The van der Waals surface area contributed by atoms with Gasteiger partial charge in [0, 0.05) is 11.4 Å². The second-order valence-corrected chi connectivity index (χ2v) is 7.56. The van der Waals surface area contributed by atoms with Crippen molar-refractivity contribution in [1.29, 1.82) is 0 Å². The molecule has 2 heterocycles. The van der Waals surface area contributed by atoms with Crippen molar-refractivity contribution in [2.24, 2.45) is 5.92 Å².